The molecule has 6 heteroatoms. The summed E-state index contributed by atoms with van der Waals surface area (Å²) in [6.45, 7) is 2.40. The van der Waals surface area contributed by atoms with Crippen LogP contribution < -0.4 is 4.74 Å². The maximum Gasteiger partial charge on any atom is 0.308 e. The van der Waals surface area contributed by atoms with Crippen molar-refractivity contribution in [3.8, 4) is 11.8 Å². The summed E-state index contributed by atoms with van der Waals surface area (Å²) in [6.07, 6.45) is 0.555. The van der Waals surface area contributed by atoms with Crippen molar-refractivity contribution in [2.75, 3.05) is 13.1 Å². The topological polar surface area (TPSA) is 90.6 Å². The highest BCUT2D eigenvalue weighted by molar-refractivity contribution is 5.82. The number of carbonyl (C=O) groups is 2. The molecule has 0 aliphatic carbocycles. The Morgan fingerprint density at radius 2 is 2.27 bits per heavy atom. The summed E-state index contributed by atoms with van der Waals surface area (Å²) in [7, 11) is 0. The van der Waals surface area contributed by atoms with E-state index in [1.807, 2.05) is 6.07 Å². The van der Waals surface area contributed by atoms with Crippen LogP contribution in [0, 0.1) is 17.2 Å². The van der Waals surface area contributed by atoms with Crippen LogP contribution in [0.2, 0.25) is 0 Å². The van der Waals surface area contributed by atoms with E-state index in [1.165, 1.54) is 0 Å². The Kier molecular flexibility index (Phi) is 4.99. The Labute approximate surface area is 128 Å². The number of hydrogen-bond donors (Lipinski definition) is 1. The Morgan fingerprint density at radius 3 is 2.95 bits per heavy atom. The van der Waals surface area contributed by atoms with E-state index in [0.29, 0.717) is 30.7 Å². The van der Waals surface area contributed by atoms with Gasteiger partial charge in [0.2, 0.25) is 0 Å². The van der Waals surface area contributed by atoms with Crippen molar-refractivity contribution in [2.45, 2.75) is 25.9 Å². The van der Waals surface area contributed by atoms with E-state index in [-0.39, 0.29) is 12.5 Å². The third-order valence-electron chi connectivity index (χ3n) is 3.71. The molecule has 22 heavy (non-hydrogen) atoms. The molecule has 0 unspecified atom stereocenters. The fourth-order valence-corrected chi connectivity index (χ4v) is 2.53. The second-order valence-corrected chi connectivity index (χ2v) is 5.36. The zero-order chi connectivity index (χ0) is 16.1. The molecule has 116 valence electrons. The highest BCUT2D eigenvalue weighted by Gasteiger charge is 2.30. The van der Waals surface area contributed by atoms with Gasteiger partial charge in [0.25, 0.3) is 5.91 Å². The van der Waals surface area contributed by atoms with Crippen LogP contribution in [-0.2, 0) is 9.59 Å². The molecule has 1 aliphatic rings. The monoisotopic (exact) mass is 302 g/mol. The Balaban J connectivity index is 1.99. The number of benzene rings is 1. The van der Waals surface area contributed by atoms with Crippen LogP contribution in [0.1, 0.15) is 25.3 Å². The number of carboxylic acids is 1. The van der Waals surface area contributed by atoms with Crippen LogP contribution in [0.5, 0.6) is 5.75 Å². The fourth-order valence-electron chi connectivity index (χ4n) is 2.53. The minimum Gasteiger partial charge on any atom is -0.481 e. The number of likely N-dealkylation sites (tertiary alicyclic amines) is 1. The Bertz CT molecular complexity index is 608. The Hall–Kier alpha value is -2.55. The molecule has 6 nitrogen and oxygen atoms in total. The van der Waals surface area contributed by atoms with Crippen molar-refractivity contribution in [1.29, 1.82) is 5.26 Å². The summed E-state index contributed by atoms with van der Waals surface area (Å²) >= 11 is 0. The predicted molar refractivity (Wildman–Crippen MR) is 78.2 cm³/mol. The molecule has 1 fully saturated rings. The van der Waals surface area contributed by atoms with E-state index < -0.39 is 18.0 Å². The lowest BCUT2D eigenvalue weighted by Crippen LogP contribution is -2.47. The van der Waals surface area contributed by atoms with Gasteiger partial charge in [0.05, 0.1) is 17.6 Å². The molecule has 0 bridgehead atoms. The summed E-state index contributed by atoms with van der Waals surface area (Å²) in [6, 6.07) is 8.60. The van der Waals surface area contributed by atoms with Crippen LogP contribution in [0.3, 0.4) is 0 Å². The van der Waals surface area contributed by atoms with Crippen LogP contribution >= 0.6 is 0 Å². The number of aliphatic carboxylic acids is 1. The molecule has 1 amide bonds. The van der Waals surface area contributed by atoms with Gasteiger partial charge < -0.3 is 14.7 Å². The van der Waals surface area contributed by atoms with E-state index in [4.69, 9.17) is 15.1 Å². The third-order valence-corrected chi connectivity index (χ3v) is 3.71. The van der Waals surface area contributed by atoms with E-state index >= 15 is 0 Å². The van der Waals surface area contributed by atoms with Gasteiger partial charge in [-0.25, -0.2) is 0 Å². The predicted octanol–water partition coefficient (Wildman–Crippen LogP) is 1.65. The second kappa shape index (κ2) is 6.94. The van der Waals surface area contributed by atoms with Crippen molar-refractivity contribution in [3.05, 3.63) is 29.8 Å². The lowest BCUT2D eigenvalue weighted by atomic mass is 9.98. The normalized spacial score (nSPS) is 19.1. The molecule has 1 N–H and O–H groups in total. The first-order valence-electron chi connectivity index (χ1n) is 7.19. The number of hydrogen-bond acceptors (Lipinski definition) is 4. The summed E-state index contributed by atoms with van der Waals surface area (Å²) in [5.41, 5.74) is 0.459. The van der Waals surface area contributed by atoms with Crippen LogP contribution in [0.25, 0.3) is 0 Å². The first kappa shape index (κ1) is 15.8. The van der Waals surface area contributed by atoms with E-state index in [9.17, 15) is 9.59 Å². The van der Waals surface area contributed by atoms with Crippen LogP contribution in [0.15, 0.2) is 24.3 Å². The minimum atomic E-state index is -0.868. The number of amides is 1. The summed E-state index contributed by atoms with van der Waals surface area (Å²) in [5, 5.41) is 17.9. The molecule has 0 aromatic heterocycles. The van der Waals surface area contributed by atoms with Crippen molar-refractivity contribution in [3.63, 3.8) is 0 Å². The summed E-state index contributed by atoms with van der Waals surface area (Å²) in [5.74, 6) is -1.15. The first-order valence-corrected chi connectivity index (χ1v) is 7.19. The number of piperidine rings is 1. The van der Waals surface area contributed by atoms with Gasteiger partial charge in [-0.2, -0.15) is 5.26 Å². The van der Waals surface area contributed by atoms with Crippen molar-refractivity contribution in [1.82, 2.24) is 4.90 Å². The lowest BCUT2D eigenvalue weighted by molar-refractivity contribution is -0.147. The SMILES string of the molecule is C[C@H](Oc1cccc(C#N)c1)C(=O)N1CCC[C@@H](C(=O)O)C1. The number of ether oxygens (including phenoxy) is 1. The number of nitrogens with zero attached hydrogens (tertiary/aromatic N) is 2. The molecule has 1 aromatic carbocycles. The highest BCUT2D eigenvalue weighted by atomic mass is 16.5. The van der Waals surface area contributed by atoms with E-state index in [2.05, 4.69) is 0 Å². The molecule has 0 radical (unpaired) electrons. The largest absolute Gasteiger partial charge is 0.481 e. The maximum absolute atomic E-state index is 12.4. The Morgan fingerprint density at radius 1 is 1.50 bits per heavy atom. The van der Waals surface area contributed by atoms with Gasteiger partial charge in [0.15, 0.2) is 6.10 Å². The standard InChI is InChI=1S/C16H18N2O4/c1-11(22-14-6-2-4-12(8-14)9-17)15(19)18-7-3-5-13(10-18)16(20)21/h2,4,6,8,11,13H,3,5,7,10H2,1H3,(H,20,21)/t11-,13+/m0/s1. The van der Waals surface area contributed by atoms with Gasteiger partial charge >= 0.3 is 5.97 Å². The van der Waals surface area contributed by atoms with Gasteiger partial charge in [-0.15, -0.1) is 0 Å². The van der Waals surface area contributed by atoms with E-state index in [0.717, 1.165) is 0 Å². The second-order valence-electron chi connectivity index (χ2n) is 5.36. The van der Waals surface area contributed by atoms with Gasteiger partial charge in [0, 0.05) is 13.1 Å². The summed E-state index contributed by atoms with van der Waals surface area (Å²) < 4.78 is 5.58. The van der Waals surface area contributed by atoms with Crippen LogP contribution in [0.4, 0.5) is 0 Å². The molecule has 1 heterocycles. The average molecular weight is 302 g/mol. The molecule has 1 aromatic rings. The van der Waals surface area contributed by atoms with Gasteiger partial charge in [-0.05, 0) is 38.0 Å². The molecular weight excluding hydrogens is 284 g/mol. The summed E-state index contributed by atoms with van der Waals surface area (Å²) in [4.78, 5) is 25.0. The molecule has 1 aliphatic heterocycles. The smallest absolute Gasteiger partial charge is 0.308 e. The highest BCUT2D eigenvalue weighted by Crippen LogP contribution is 2.19. The molecular formula is C16H18N2O4. The quantitative estimate of drug-likeness (QED) is 0.913. The molecule has 2 atom stereocenters. The lowest BCUT2D eigenvalue weighted by Gasteiger charge is -2.32. The van der Waals surface area contributed by atoms with Crippen molar-refractivity contribution < 1.29 is 19.4 Å². The zero-order valence-corrected chi connectivity index (χ0v) is 12.4. The number of carbonyl (C=O) groups excluding carboxylic acids is 1. The minimum absolute atomic E-state index is 0.222. The van der Waals surface area contributed by atoms with Gasteiger partial charge in [-0.1, -0.05) is 6.07 Å². The molecule has 1 saturated heterocycles. The number of nitriles is 1. The third kappa shape index (κ3) is 3.76. The van der Waals surface area contributed by atoms with Gasteiger partial charge in [-0.3, -0.25) is 9.59 Å². The number of carboxylic acid groups (broad SMARTS) is 1. The maximum atomic E-state index is 12.4. The van der Waals surface area contributed by atoms with E-state index in [1.54, 1.807) is 36.1 Å². The average Bonchev–Trinajstić information content (AvgIpc) is 2.54. The molecule has 2 rings (SSSR count). The molecule has 0 spiro atoms. The fraction of sp³-hybridized carbons (Fsp3) is 0.438. The first-order chi connectivity index (χ1) is 10.5. The van der Waals surface area contributed by atoms with Crippen molar-refractivity contribution in [2.24, 2.45) is 5.92 Å². The number of rotatable bonds is 4. The van der Waals surface area contributed by atoms with Crippen LogP contribution in [-0.4, -0.2) is 41.1 Å². The molecule has 0 saturated carbocycles. The van der Waals surface area contributed by atoms with Crippen molar-refractivity contribution >= 4 is 11.9 Å². The zero-order valence-electron chi connectivity index (χ0n) is 12.4. The van der Waals surface area contributed by atoms with Gasteiger partial charge in [0.1, 0.15) is 5.75 Å².